The summed E-state index contributed by atoms with van der Waals surface area (Å²) < 4.78 is 0. The first-order chi connectivity index (χ1) is 8.49. The minimum Gasteiger partial charge on any atom is -0.481 e. The van der Waals surface area contributed by atoms with E-state index in [-0.39, 0.29) is 18.7 Å². The number of carbonyl (C=O) groups is 3. The largest absolute Gasteiger partial charge is 0.481 e. The van der Waals surface area contributed by atoms with Crippen LogP contribution in [-0.4, -0.2) is 29.6 Å². The maximum absolute atomic E-state index is 11.3. The molecule has 102 valence electrons. The number of hydrogen-bond donors (Lipinski definition) is 3. The average molecular weight is 256 g/mol. The van der Waals surface area contributed by atoms with Gasteiger partial charge in [0.25, 0.3) is 0 Å². The Hall–Kier alpha value is -1.59. The molecule has 0 aliphatic heterocycles. The van der Waals surface area contributed by atoms with Gasteiger partial charge in [0.2, 0.25) is 5.91 Å². The highest BCUT2D eigenvalue weighted by Crippen LogP contribution is 2.36. The summed E-state index contributed by atoms with van der Waals surface area (Å²) in [5, 5.41) is 13.3. The smallest absolute Gasteiger partial charge is 0.321 e. The fourth-order valence-corrected chi connectivity index (χ4v) is 1.70. The van der Waals surface area contributed by atoms with Crippen LogP contribution in [0.25, 0.3) is 0 Å². The summed E-state index contributed by atoms with van der Waals surface area (Å²) in [7, 11) is 0. The van der Waals surface area contributed by atoms with E-state index in [0.29, 0.717) is 31.2 Å². The highest BCUT2D eigenvalue weighted by atomic mass is 16.4. The van der Waals surface area contributed by atoms with E-state index < -0.39 is 12.0 Å². The first-order valence-corrected chi connectivity index (χ1v) is 6.28. The van der Waals surface area contributed by atoms with Gasteiger partial charge in [0.05, 0.1) is 0 Å². The maximum atomic E-state index is 11.3. The first kappa shape index (κ1) is 14.5. The number of rotatable bonds is 7. The van der Waals surface area contributed by atoms with Crippen LogP contribution in [-0.2, 0) is 9.59 Å². The predicted octanol–water partition coefficient (Wildman–Crippen LogP) is 1.11. The topological polar surface area (TPSA) is 95.5 Å². The predicted molar refractivity (Wildman–Crippen MR) is 64.9 cm³/mol. The Morgan fingerprint density at radius 2 is 1.83 bits per heavy atom. The normalized spacial score (nSPS) is 21.2. The molecule has 6 heteroatoms. The van der Waals surface area contributed by atoms with E-state index in [4.69, 9.17) is 5.11 Å². The van der Waals surface area contributed by atoms with E-state index in [1.807, 2.05) is 0 Å². The number of urea groups is 1. The van der Waals surface area contributed by atoms with Gasteiger partial charge in [-0.1, -0.05) is 6.92 Å². The summed E-state index contributed by atoms with van der Waals surface area (Å²) in [6.07, 6.45) is 2.29. The van der Waals surface area contributed by atoms with E-state index in [9.17, 15) is 14.4 Å². The van der Waals surface area contributed by atoms with Crippen molar-refractivity contribution >= 4 is 17.9 Å². The molecule has 0 bridgehead atoms. The molecule has 0 heterocycles. The highest BCUT2D eigenvalue weighted by Gasteiger charge is 2.32. The molecular weight excluding hydrogens is 236 g/mol. The number of imide groups is 1. The molecule has 0 aromatic rings. The van der Waals surface area contributed by atoms with Crippen LogP contribution in [0.1, 0.15) is 39.0 Å². The third kappa shape index (κ3) is 6.22. The number of carboxylic acid groups (broad SMARTS) is 1. The van der Waals surface area contributed by atoms with Crippen molar-refractivity contribution in [3.05, 3.63) is 0 Å². The van der Waals surface area contributed by atoms with Crippen LogP contribution >= 0.6 is 0 Å². The average Bonchev–Trinajstić information content (AvgIpc) is 2.98. The van der Waals surface area contributed by atoms with Gasteiger partial charge in [0, 0.05) is 19.4 Å². The number of hydrogen-bond acceptors (Lipinski definition) is 3. The molecule has 2 unspecified atom stereocenters. The summed E-state index contributed by atoms with van der Waals surface area (Å²) in [6.45, 7) is 2.73. The van der Waals surface area contributed by atoms with Gasteiger partial charge in [-0.15, -0.1) is 0 Å². The van der Waals surface area contributed by atoms with Gasteiger partial charge in [-0.2, -0.15) is 0 Å². The zero-order chi connectivity index (χ0) is 13.5. The monoisotopic (exact) mass is 256 g/mol. The molecule has 0 aromatic heterocycles. The molecule has 0 aromatic carbocycles. The van der Waals surface area contributed by atoms with E-state index in [2.05, 4.69) is 17.6 Å². The number of aliphatic carboxylic acids is 1. The van der Waals surface area contributed by atoms with Crippen molar-refractivity contribution in [2.75, 3.05) is 6.54 Å². The number of carboxylic acids is 1. The lowest BCUT2D eigenvalue weighted by atomic mass is 10.2. The van der Waals surface area contributed by atoms with Crippen LogP contribution in [0.5, 0.6) is 0 Å². The third-order valence-electron chi connectivity index (χ3n) is 3.10. The van der Waals surface area contributed by atoms with Gasteiger partial charge >= 0.3 is 12.0 Å². The fraction of sp³-hybridized carbons (Fsp3) is 0.750. The van der Waals surface area contributed by atoms with Gasteiger partial charge in [-0.25, -0.2) is 4.79 Å². The lowest BCUT2D eigenvalue weighted by Crippen LogP contribution is -2.40. The lowest BCUT2D eigenvalue weighted by Gasteiger charge is -2.05. The van der Waals surface area contributed by atoms with Crippen LogP contribution < -0.4 is 10.6 Å². The molecule has 3 N–H and O–H groups in total. The van der Waals surface area contributed by atoms with Crippen LogP contribution in [0.3, 0.4) is 0 Å². The Kier molecular flexibility index (Phi) is 5.61. The molecule has 1 aliphatic rings. The van der Waals surface area contributed by atoms with Crippen molar-refractivity contribution in [2.45, 2.75) is 39.0 Å². The molecule has 3 amide bonds. The quantitative estimate of drug-likeness (QED) is 0.595. The summed E-state index contributed by atoms with van der Waals surface area (Å²) in [5.41, 5.74) is 0. The summed E-state index contributed by atoms with van der Waals surface area (Å²) >= 11 is 0. The molecule has 1 saturated carbocycles. The van der Waals surface area contributed by atoms with E-state index >= 15 is 0 Å². The van der Waals surface area contributed by atoms with Gasteiger partial charge in [0.1, 0.15) is 0 Å². The van der Waals surface area contributed by atoms with Gasteiger partial charge in [-0.05, 0) is 31.1 Å². The second kappa shape index (κ2) is 6.98. The molecular formula is C12H20N2O4. The Balaban J connectivity index is 2.00. The molecule has 0 spiro atoms. The van der Waals surface area contributed by atoms with E-state index in [1.165, 1.54) is 0 Å². The number of amides is 3. The van der Waals surface area contributed by atoms with Crippen molar-refractivity contribution in [3.63, 3.8) is 0 Å². The molecule has 18 heavy (non-hydrogen) atoms. The zero-order valence-electron chi connectivity index (χ0n) is 10.6. The number of unbranched alkanes of at least 4 members (excludes halogenated alkanes) is 1. The second-order valence-corrected chi connectivity index (χ2v) is 4.83. The van der Waals surface area contributed by atoms with Crippen molar-refractivity contribution < 1.29 is 19.5 Å². The highest BCUT2D eigenvalue weighted by molar-refractivity contribution is 5.94. The Bertz CT molecular complexity index is 330. The summed E-state index contributed by atoms with van der Waals surface area (Å²) in [6, 6.07) is -0.461. The Labute approximate surface area is 106 Å². The second-order valence-electron chi connectivity index (χ2n) is 4.83. The minimum absolute atomic E-state index is 0.0546. The van der Waals surface area contributed by atoms with E-state index in [1.54, 1.807) is 0 Å². The summed E-state index contributed by atoms with van der Waals surface area (Å²) in [5.74, 6) is -0.0214. The van der Waals surface area contributed by atoms with Crippen LogP contribution in [0.15, 0.2) is 0 Å². The molecule has 1 rings (SSSR count). The fourth-order valence-electron chi connectivity index (χ4n) is 1.70. The van der Waals surface area contributed by atoms with Gasteiger partial charge < -0.3 is 10.4 Å². The SMILES string of the molecule is CC1CC1CNC(=O)NC(=O)CCCCC(=O)O. The van der Waals surface area contributed by atoms with Crippen LogP contribution in [0, 0.1) is 11.8 Å². The molecule has 1 fully saturated rings. The summed E-state index contributed by atoms with van der Waals surface area (Å²) in [4.78, 5) is 32.8. The molecule has 2 atom stereocenters. The molecule has 0 saturated heterocycles. The van der Waals surface area contributed by atoms with Crippen molar-refractivity contribution in [1.82, 2.24) is 10.6 Å². The van der Waals surface area contributed by atoms with Gasteiger partial charge in [0.15, 0.2) is 0 Å². The van der Waals surface area contributed by atoms with Crippen molar-refractivity contribution in [1.29, 1.82) is 0 Å². The van der Waals surface area contributed by atoms with Crippen LogP contribution in [0.2, 0.25) is 0 Å². The minimum atomic E-state index is -0.869. The lowest BCUT2D eigenvalue weighted by molar-refractivity contribution is -0.137. The third-order valence-corrected chi connectivity index (χ3v) is 3.10. The van der Waals surface area contributed by atoms with E-state index in [0.717, 1.165) is 6.42 Å². The van der Waals surface area contributed by atoms with Crippen LogP contribution in [0.4, 0.5) is 4.79 Å². The van der Waals surface area contributed by atoms with Crippen molar-refractivity contribution in [2.24, 2.45) is 11.8 Å². The number of carbonyl (C=O) groups excluding carboxylic acids is 2. The standard InChI is InChI=1S/C12H20N2O4/c1-8-6-9(8)7-13-12(18)14-10(15)4-2-3-5-11(16)17/h8-9H,2-7H2,1H3,(H,16,17)(H2,13,14,15,18). The molecule has 1 aliphatic carbocycles. The molecule has 0 radical (unpaired) electrons. The Morgan fingerprint density at radius 3 is 2.39 bits per heavy atom. The van der Waals surface area contributed by atoms with Gasteiger partial charge in [-0.3, -0.25) is 14.9 Å². The zero-order valence-corrected chi connectivity index (χ0v) is 10.6. The molecule has 6 nitrogen and oxygen atoms in total. The van der Waals surface area contributed by atoms with Crippen molar-refractivity contribution in [3.8, 4) is 0 Å². The number of nitrogens with one attached hydrogen (secondary N) is 2. The first-order valence-electron chi connectivity index (χ1n) is 6.28. The Morgan fingerprint density at radius 1 is 1.22 bits per heavy atom. The maximum Gasteiger partial charge on any atom is 0.321 e.